The number of ether oxygens (including phenoxy) is 1. The van der Waals surface area contributed by atoms with Crippen LogP contribution in [0.4, 0.5) is 0 Å². The average molecular weight is 432 g/mol. The van der Waals surface area contributed by atoms with Crippen molar-refractivity contribution in [1.29, 1.82) is 0 Å². The van der Waals surface area contributed by atoms with Gasteiger partial charge in [0.15, 0.2) is 0 Å². The summed E-state index contributed by atoms with van der Waals surface area (Å²) in [4.78, 5) is 17.0. The molecule has 2 heterocycles. The Kier molecular flexibility index (Phi) is 11.8. The number of carbonyl (C=O) groups excluding carboxylic acids is 1. The van der Waals surface area contributed by atoms with E-state index in [1.54, 1.807) is 0 Å². The maximum absolute atomic E-state index is 12.4. The van der Waals surface area contributed by atoms with Crippen molar-refractivity contribution < 1.29 is 9.53 Å². The zero-order valence-electron chi connectivity index (χ0n) is 16.7. The number of nitrogens with zero attached hydrogens (tertiary/aromatic N) is 2. The summed E-state index contributed by atoms with van der Waals surface area (Å²) in [6, 6.07) is 9.13. The van der Waals surface area contributed by atoms with Crippen LogP contribution >= 0.6 is 24.8 Å². The first kappa shape index (κ1) is 25.0. The first-order valence-electron chi connectivity index (χ1n) is 10.2. The van der Waals surface area contributed by atoms with Gasteiger partial charge in [-0.2, -0.15) is 0 Å². The normalized spacial score (nSPS) is 21.2. The van der Waals surface area contributed by atoms with E-state index in [4.69, 9.17) is 10.5 Å². The molecule has 7 heteroatoms. The molecule has 160 valence electrons. The molecule has 0 spiro atoms. The van der Waals surface area contributed by atoms with Crippen molar-refractivity contribution in [1.82, 2.24) is 9.80 Å². The van der Waals surface area contributed by atoms with Gasteiger partial charge in [-0.05, 0) is 56.3 Å². The Morgan fingerprint density at radius 2 is 1.93 bits per heavy atom. The van der Waals surface area contributed by atoms with E-state index in [0.717, 1.165) is 44.8 Å². The van der Waals surface area contributed by atoms with Gasteiger partial charge in [0, 0.05) is 38.6 Å². The molecule has 1 saturated heterocycles. The standard InChI is InChI=1S/C21H33N3O2.2ClH/c22-11-10-21(25)24-13-4-16-26-20-7-3-5-18(17-20)8-9-19-6-1-2-12-23(19)14-15-24;;/h3,5,7,17,19H,1-2,4,6,8-16,22H2;2*1H. The summed E-state index contributed by atoms with van der Waals surface area (Å²) >= 11 is 0. The number of amides is 1. The number of benzene rings is 1. The molecule has 1 amide bonds. The van der Waals surface area contributed by atoms with Gasteiger partial charge in [0.05, 0.1) is 6.61 Å². The lowest BCUT2D eigenvalue weighted by molar-refractivity contribution is -0.131. The third kappa shape index (κ3) is 7.43. The molecule has 3 rings (SSSR count). The highest BCUT2D eigenvalue weighted by Gasteiger charge is 2.23. The molecule has 1 unspecified atom stereocenters. The number of halogens is 2. The van der Waals surface area contributed by atoms with E-state index in [2.05, 4.69) is 23.1 Å². The first-order valence-corrected chi connectivity index (χ1v) is 10.2. The maximum atomic E-state index is 12.4. The lowest BCUT2D eigenvalue weighted by Crippen LogP contribution is -2.46. The maximum Gasteiger partial charge on any atom is 0.223 e. The largest absolute Gasteiger partial charge is 0.494 e. The van der Waals surface area contributed by atoms with E-state index < -0.39 is 0 Å². The van der Waals surface area contributed by atoms with E-state index in [1.165, 1.54) is 31.2 Å². The second kappa shape index (κ2) is 13.3. The van der Waals surface area contributed by atoms with E-state index in [0.29, 0.717) is 25.6 Å². The molecule has 1 aromatic carbocycles. The van der Waals surface area contributed by atoms with Gasteiger partial charge in [0.2, 0.25) is 5.91 Å². The summed E-state index contributed by atoms with van der Waals surface area (Å²) in [7, 11) is 0. The predicted octanol–water partition coefficient (Wildman–Crippen LogP) is 3.28. The Morgan fingerprint density at radius 1 is 1.07 bits per heavy atom. The van der Waals surface area contributed by atoms with Crippen LogP contribution in [0.3, 0.4) is 0 Å². The fourth-order valence-electron chi connectivity index (χ4n) is 4.14. The number of aryl methyl sites for hydroxylation is 1. The van der Waals surface area contributed by atoms with Gasteiger partial charge in [-0.25, -0.2) is 0 Å². The Balaban J connectivity index is 0.00000196. The number of rotatable bonds is 2. The highest BCUT2D eigenvalue weighted by molar-refractivity contribution is 5.85. The quantitative estimate of drug-likeness (QED) is 0.780. The number of fused-ring (bicyclic) bond motifs is 3. The monoisotopic (exact) mass is 431 g/mol. The van der Waals surface area contributed by atoms with Crippen LogP contribution in [0.1, 0.15) is 44.1 Å². The molecule has 2 bridgehead atoms. The third-order valence-electron chi connectivity index (χ3n) is 5.62. The first-order chi connectivity index (χ1) is 12.8. The zero-order chi connectivity index (χ0) is 18.2. The summed E-state index contributed by atoms with van der Waals surface area (Å²) in [5.41, 5.74) is 6.97. The molecule has 1 aromatic rings. The van der Waals surface area contributed by atoms with Crippen molar-refractivity contribution >= 4 is 30.7 Å². The second-order valence-electron chi connectivity index (χ2n) is 7.49. The summed E-state index contributed by atoms with van der Waals surface area (Å²) in [6.07, 6.45) is 7.42. The van der Waals surface area contributed by atoms with Gasteiger partial charge in [-0.1, -0.05) is 18.6 Å². The van der Waals surface area contributed by atoms with Crippen molar-refractivity contribution in [3.63, 3.8) is 0 Å². The van der Waals surface area contributed by atoms with Crippen LogP contribution in [0.15, 0.2) is 24.3 Å². The van der Waals surface area contributed by atoms with Gasteiger partial charge in [-0.15, -0.1) is 24.8 Å². The van der Waals surface area contributed by atoms with Crippen molar-refractivity contribution in [2.45, 2.75) is 51.0 Å². The minimum atomic E-state index is 0. The highest BCUT2D eigenvalue weighted by atomic mass is 35.5. The number of nitrogens with two attached hydrogens (primary N) is 1. The molecule has 0 aromatic heterocycles. The van der Waals surface area contributed by atoms with Gasteiger partial charge >= 0.3 is 0 Å². The SMILES string of the molecule is Cl.Cl.NCCC(=O)N1CCCOc2cccc(c2)CCC2CCCCN2CC1. The zero-order valence-corrected chi connectivity index (χ0v) is 18.3. The molecule has 0 aliphatic carbocycles. The summed E-state index contributed by atoms with van der Waals surface area (Å²) < 4.78 is 5.91. The van der Waals surface area contributed by atoms with Crippen molar-refractivity contribution in [2.75, 3.05) is 39.3 Å². The topological polar surface area (TPSA) is 58.8 Å². The van der Waals surface area contributed by atoms with E-state index in [9.17, 15) is 4.79 Å². The lowest BCUT2D eigenvalue weighted by Gasteiger charge is -2.37. The molecule has 2 N–H and O–H groups in total. The number of piperidine rings is 1. The average Bonchev–Trinajstić information content (AvgIpc) is 2.66. The molecule has 28 heavy (non-hydrogen) atoms. The van der Waals surface area contributed by atoms with E-state index in [1.807, 2.05) is 11.0 Å². The Bertz CT molecular complexity index is 589. The molecular weight excluding hydrogens is 397 g/mol. The Labute approximate surface area is 181 Å². The molecule has 0 radical (unpaired) electrons. The van der Waals surface area contributed by atoms with Crippen molar-refractivity contribution in [3.05, 3.63) is 29.8 Å². The smallest absolute Gasteiger partial charge is 0.223 e. The minimum absolute atomic E-state index is 0. The molecule has 1 atom stereocenters. The predicted molar refractivity (Wildman–Crippen MR) is 119 cm³/mol. The van der Waals surface area contributed by atoms with Crippen LogP contribution in [0.2, 0.25) is 0 Å². The van der Waals surface area contributed by atoms with E-state index >= 15 is 0 Å². The summed E-state index contributed by atoms with van der Waals surface area (Å²) in [6.45, 7) is 4.75. The minimum Gasteiger partial charge on any atom is -0.494 e. The van der Waals surface area contributed by atoms with Crippen LogP contribution in [-0.2, 0) is 11.2 Å². The van der Waals surface area contributed by atoms with Crippen LogP contribution < -0.4 is 10.5 Å². The summed E-state index contributed by atoms with van der Waals surface area (Å²) in [5, 5.41) is 0. The second-order valence-corrected chi connectivity index (χ2v) is 7.49. The van der Waals surface area contributed by atoms with Gasteiger partial charge < -0.3 is 15.4 Å². The molecule has 2 aliphatic heterocycles. The van der Waals surface area contributed by atoms with Gasteiger partial charge in [0.1, 0.15) is 5.75 Å². The number of hydrogen-bond donors (Lipinski definition) is 1. The van der Waals surface area contributed by atoms with Crippen LogP contribution in [-0.4, -0.2) is 61.1 Å². The van der Waals surface area contributed by atoms with Gasteiger partial charge in [-0.3, -0.25) is 9.69 Å². The van der Waals surface area contributed by atoms with Crippen LogP contribution in [0, 0.1) is 0 Å². The molecular formula is C21H35Cl2N3O2. The fourth-order valence-corrected chi connectivity index (χ4v) is 4.14. The molecule has 0 saturated carbocycles. The molecule has 5 nitrogen and oxygen atoms in total. The Hall–Kier alpha value is -1.01. The highest BCUT2D eigenvalue weighted by Crippen LogP contribution is 2.23. The van der Waals surface area contributed by atoms with Gasteiger partial charge in [0.25, 0.3) is 0 Å². The van der Waals surface area contributed by atoms with Crippen LogP contribution in [0.25, 0.3) is 0 Å². The third-order valence-corrected chi connectivity index (χ3v) is 5.62. The van der Waals surface area contributed by atoms with Crippen molar-refractivity contribution in [3.8, 4) is 5.75 Å². The van der Waals surface area contributed by atoms with E-state index in [-0.39, 0.29) is 30.7 Å². The molecule has 1 fully saturated rings. The van der Waals surface area contributed by atoms with Crippen LogP contribution in [0.5, 0.6) is 5.75 Å². The molecule has 2 aliphatic rings. The lowest BCUT2D eigenvalue weighted by atomic mass is 9.95. The number of hydrogen-bond acceptors (Lipinski definition) is 4. The number of carbonyl (C=O) groups is 1. The Morgan fingerprint density at radius 3 is 2.75 bits per heavy atom. The van der Waals surface area contributed by atoms with Crippen molar-refractivity contribution in [2.24, 2.45) is 5.73 Å². The summed E-state index contributed by atoms with van der Waals surface area (Å²) in [5.74, 6) is 1.12. The fraction of sp³-hybridized carbons (Fsp3) is 0.667.